The fourth-order valence-electron chi connectivity index (χ4n) is 1.10. The van der Waals surface area contributed by atoms with Gasteiger partial charge in [0.25, 0.3) is 0 Å². The Kier molecular flexibility index (Phi) is 3.95. The lowest BCUT2D eigenvalue weighted by molar-refractivity contribution is 0.170. The van der Waals surface area contributed by atoms with E-state index >= 15 is 0 Å². The molecule has 5 nitrogen and oxygen atoms in total. The molecule has 4 N–H and O–H groups in total. The van der Waals surface area contributed by atoms with Gasteiger partial charge in [-0.05, 0) is 12.1 Å². The van der Waals surface area contributed by atoms with E-state index in [2.05, 4.69) is 10.3 Å². The molecule has 0 atom stereocenters. The summed E-state index contributed by atoms with van der Waals surface area (Å²) >= 11 is 0. The molecule has 0 aliphatic carbocycles. The molecule has 0 aliphatic rings. The molecular weight excluding hydrogens is 206 g/mol. The van der Waals surface area contributed by atoms with Crippen molar-refractivity contribution in [1.29, 1.82) is 0 Å². The second-order valence-corrected chi connectivity index (χ2v) is 4.47. The van der Waals surface area contributed by atoms with Crippen LogP contribution in [-0.4, -0.2) is 30.4 Å². The molecule has 0 saturated carbocycles. The Labute approximate surface area is 95.6 Å². The van der Waals surface area contributed by atoms with Crippen LogP contribution in [0.5, 0.6) is 5.88 Å². The predicted octanol–water partition coefficient (Wildman–Crippen LogP) is 1.10. The van der Waals surface area contributed by atoms with Crippen molar-refractivity contribution in [1.82, 2.24) is 4.98 Å². The van der Waals surface area contributed by atoms with E-state index in [4.69, 9.17) is 15.6 Å². The van der Waals surface area contributed by atoms with Crippen molar-refractivity contribution in [3.8, 4) is 5.88 Å². The van der Waals surface area contributed by atoms with Gasteiger partial charge >= 0.3 is 0 Å². The molecule has 1 aromatic heterocycles. The zero-order chi connectivity index (χ0) is 12.2. The average molecular weight is 225 g/mol. The number of hydrogen-bond donors (Lipinski definition) is 3. The molecule has 16 heavy (non-hydrogen) atoms. The first-order valence-corrected chi connectivity index (χ1v) is 5.14. The minimum atomic E-state index is -0.184. The average Bonchev–Trinajstić information content (AvgIpc) is 2.28. The first-order chi connectivity index (χ1) is 7.48. The smallest absolute Gasteiger partial charge is 0.238 e. The highest BCUT2D eigenvalue weighted by Crippen LogP contribution is 2.21. The molecule has 0 fully saturated rings. The van der Waals surface area contributed by atoms with Crippen LogP contribution in [0.2, 0.25) is 0 Å². The van der Waals surface area contributed by atoms with Crippen molar-refractivity contribution in [2.45, 2.75) is 13.8 Å². The molecule has 0 saturated heterocycles. The normalized spacial score (nSPS) is 11.2. The summed E-state index contributed by atoms with van der Waals surface area (Å²) in [5, 5.41) is 12.2. The molecule has 1 aromatic rings. The number of rotatable bonds is 5. The predicted molar refractivity (Wildman–Crippen MR) is 64.6 cm³/mol. The van der Waals surface area contributed by atoms with Gasteiger partial charge in [0, 0.05) is 18.6 Å². The molecule has 5 heteroatoms. The Morgan fingerprint density at radius 2 is 2.19 bits per heavy atom. The minimum absolute atomic E-state index is 0.117. The molecule has 1 heterocycles. The van der Waals surface area contributed by atoms with E-state index in [0.29, 0.717) is 23.9 Å². The molecule has 0 bridgehead atoms. The third-order valence-corrected chi connectivity index (χ3v) is 2.26. The second kappa shape index (κ2) is 5.03. The highest BCUT2D eigenvalue weighted by molar-refractivity contribution is 5.53. The molecule has 0 spiro atoms. The quantitative estimate of drug-likeness (QED) is 0.699. The maximum Gasteiger partial charge on any atom is 0.238 e. The van der Waals surface area contributed by atoms with Gasteiger partial charge in [-0.2, -0.15) is 4.98 Å². The zero-order valence-corrected chi connectivity index (χ0v) is 9.95. The highest BCUT2D eigenvalue weighted by atomic mass is 16.5. The number of methoxy groups -OCH3 is 1. The van der Waals surface area contributed by atoms with Gasteiger partial charge in [-0.25, -0.2) is 0 Å². The van der Waals surface area contributed by atoms with Crippen molar-refractivity contribution in [3.05, 3.63) is 12.1 Å². The van der Waals surface area contributed by atoms with Crippen molar-refractivity contribution in [2.24, 2.45) is 5.41 Å². The van der Waals surface area contributed by atoms with Crippen LogP contribution in [0.25, 0.3) is 0 Å². The number of nitrogens with one attached hydrogen (secondary N) is 1. The van der Waals surface area contributed by atoms with Crippen molar-refractivity contribution < 1.29 is 9.84 Å². The van der Waals surface area contributed by atoms with Gasteiger partial charge in [-0.15, -0.1) is 0 Å². The fourth-order valence-corrected chi connectivity index (χ4v) is 1.10. The first kappa shape index (κ1) is 12.6. The number of aliphatic hydroxyl groups excluding tert-OH is 1. The van der Waals surface area contributed by atoms with Crippen LogP contribution in [0.1, 0.15) is 13.8 Å². The van der Waals surface area contributed by atoms with Gasteiger partial charge in [-0.3, -0.25) is 0 Å². The Morgan fingerprint density at radius 1 is 1.50 bits per heavy atom. The van der Waals surface area contributed by atoms with Crippen LogP contribution in [-0.2, 0) is 0 Å². The summed E-state index contributed by atoms with van der Waals surface area (Å²) in [5.41, 5.74) is 5.98. The number of anilines is 2. The van der Waals surface area contributed by atoms with Crippen LogP contribution < -0.4 is 15.8 Å². The summed E-state index contributed by atoms with van der Waals surface area (Å²) < 4.78 is 5.02. The molecule has 0 radical (unpaired) electrons. The largest absolute Gasteiger partial charge is 0.479 e. The van der Waals surface area contributed by atoms with E-state index in [0.717, 1.165) is 0 Å². The van der Waals surface area contributed by atoms with Crippen molar-refractivity contribution in [2.75, 3.05) is 31.3 Å². The number of ether oxygens (including phenoxy) is 1. The van der Waals surface area contributed by atoms with E-state index in [9.17, 15) is 0 Å². The molecule has 0 aliphatic heterocycles. The van der Waals surface area contributed by atoms with Crippen LogP contribution in [0, 0.1) is 5.41 Å². The maximum absolute atomic E-state index is 9.11. The number of hydrogen-bond acceptors (Lipinski definition) is 5. The topological polar surface area (TPSA) is 80.4 Å². The van der Waals surface area contributed by atoms with Gasteiger partial charge in [-0.1, -0.05) is 13.8 Å². The van der Waals surface area contributed by atoms with Gasteiger partial charge in [0.15, 0.2) is 0 Å². The highest BCUT2D eigenvalue weighted by Gasteiger charge is 2.16. The molecule has 0 aromatic carbocycles. The number of nitrogen functional groups attached to an aromatic ring is 1. The summed E-state index contributed by atoms with van der Waals surface area (Å²) in [6, 6.07) is 3.52. The Bertz CT molecular complexity index is 353. The number of pyridine rings is 1. The SMILES string of the molecule is COc1nc(NCC(C)(C)CO)ccc1N. The van der Waals surface area contributed by atoms with Gasteiger partial charge in [0.2, 0.25) is 5.88 Å². The minimum Gasteiger partial charge on any atom is -0.479 e. The first-order valence-electron chi connectivity index (χ1n) is 5.14. The Hall–Kier alpha value is -1.49. The molecule has 1 rings (SSSR count). The fraction of sp³-hybridized carbons (Fsp3) is 0.545. The van der Waals surface area contributed by atoms with E-state index in [-0.39, 0.29) is 12.0 Å². The van der Waals surface area contributed by atoms with Crippen LogP contribution in [0.3, 0.4) is 0 Å². The lowest BCUT2D eigenvalue weighted by Gasteiger charge is -2.22. The number of aromatic nitrogens is 1. The maximum atomic E-state index is 9.11. The number of aliphatic hydroxyl groups is 1. The van der Waals surface area contributed by atoms with E-state index in [1.165, 1.54) is 7.11 Å². The third kappa shape index (κ3) is 3.27. The van der Waals surface area contributed by atoms with E-state index in [1.807, 2.05) is 13.8 Å². The van der Waals surface area contributed by atoms with E-state index in [1.54, 1.807) is 12.1 Å². The Morgan fingerprint density at radius 3 is 2.75 bits per heavy atom. The van der Waals surface area contributed by atoms with Gasteiger partial charge in [0.05, 0.1) is 12.8 Å². The van der Waals surface area contributed by atoms with Crippen molar-refractivity contribution in [3.63, 3.8) is 0 Å². The summed E-state index contributed by atoms with van der Waals surface area (Å²) in [5.74, 6) is 1.10. The monoisotopic (exact) mass is 225 g/mol. The van der Waals surface area contributed by atoms with Crippen LogP contribution in [0.15, 0.2) is 12.1 Å². The number of nitrogens with zero attached hydrogens (tertiary/aromatic N) is 1. The summed E-state index contributed by atoms with van der Waals surface area (Å²) in [4.78, 5) is 4.19. The molecule has 0 amide bonds. The molecular formula is C11H19N3O2. The van der Waals surface area contributed by atoms with E-state index < -0.39 is 0 Å². The Balaban J connectivity index is 2.68. The second-order valence-electron chi connectivity index (χ2n) is 4.47. The van der Waals surface area contributed by atoms with Gasteiger partial charge in [0.1, 0.15) is 5.82 Å². The van der Waals surface area contributed by atoms with Crippen molar-refractivity contribution >= 4 is 11.5 Å². The molecule has 90 valence electrons. The lowest BCUT2D eigenvalue weighted by atomic mass is 9.95. The molecule has 0 unspecified atom stereocenters. The van der Waals surface area contributed by atoms with Crippen LogP contribution in [0.4, 0.5) is 11.5 Å². The number of nitrogens with two attached hydrogens (primary N) is 1. The third-order valence-electron chi connectivity index (χ3n) is 2.26. The summed E-state index contributed by atoms with van der Waals surface area (Å²) in [7, 11) is 1.53. The van der Waals surface area contributed by atoms with Gasteiger partial charge < -0.3 is 20.9 Å². The zero-order valence-electron chi connectivity index (χ0n) is 9.95. The van der Waals surface area contributed by atoms with Crippen LogP contribution >= 0.6 is 0 Å². The standard InChI is InChI=1S/C11H19N3O2/c1-11(2,7-15)6-13-9-5-4-8(12)10(14-9)16-3/h4-5,15H,6-7,12H2,1-3H3,(H,13,14). The lowest BCUT2D eigenvalue weighted by Crippen LogP contribution is -2.27. The summed E-state index contributed by atoms with van der Waals surface area (Å²) in [6.45, 7) is 4.68. The summed E-state index contributed by atoms with van der Waals surface area (Å²) in [6.07, 6.45) is 0.